The zero-order valence-corrected chi connectivity index (χ0v) is 15.2. The van der Waals surface area contributed by atoms with Crippen LogP contribution in [0.2, 0.25) is 0 Å². The molecule has 1 aromatic rings. The van der Waals surface area contributed by atoms with Crippen LogP contribution in [0.4, 0.5) is 4.79 Å². The maximum atomic E-state index is 11.8. The summed E-state index contributed by atoms with van der Waals surface area (Å²) in [6.45, 7) is 6.05. The maximum absolute atomic E-state index is 11.8. The van der Waals surface area contributed by atoms with Gasteiger partial charge in [0.2, 0.25) is 0 Å². The quantitative estimate of drug-likeness (QED) is 0.671. The van der Waals surface area contributed by atoms with Gasteiger partial charge in [0.25, 0.3) is 0 Å². The summed E-state index contributed by atoms with van der Waals surface area (Å²) in [7, 11) is 1.82. The number of aliphatic imine (C=N–C) groups is 1. The van der Waals surface area contributed by atoms with Crippen molar-refractivity contribution < 1.29 is 9.53 Å². The summed E-state index contributed by atoms with van der Waals surface area (Å²) in [4.78, 5) is 20.2. The number of benzene rings is 1. The van der Waals surface area contributed by atoms with Gasteiger partial charge in [-0.1, -0.05) is 30.3 Å². The smallest absolute Gasteiger partial charge is 0.409 e. The van der Waals surface area contributed by atoms with Gasteiger partial charge in [-0.2, -0.15) is 0 Å². The van der Waals surface area contributed by atoms with Crippen molar-refractivity contribution in [3.8, 4) is 0 Å². The van der Waals surface area contributed by atoms with E-state index < -0.39 is 0 Å². The molecule has 0 aromatic heterocycles. The molecule has 1 N–H and O–H groups in total. The first-order valence-electron chi connectivity index (χ1n) is 9.11. The molecule has 1 saturated heterocycles. The van der Waals surface area contributed by atoms with E-state index in [0.29, 0.717) is 19.7 Å². The van der Waals surface area contributed by atoms with E-state index in [1.165, 1.54) is 18.4 Å². The molecule has 1 aliphatic heterocycles. The second-order valence-electron chi connectivity index (χ2n) is 6.72. The van der Waals surface area contributed by atoms with Crippen LogP contribution < -0.4 is 5.32 Å². The Hall–Kier alpha value is -2.24. The number of rotatable bonds is 4. The Morgan fingerprint density at radius 1 is 1.16 bits per heavy atom. The summed E-state index contributed by atoms with van der Waals surface area (Å²) < 4.78 is 5.08. The molecule has 2 aliphatic rings. The SMILES string of the molecule is CCOC(=O)N1CCN(C(=NC)NCC2(c3ccccc3)CC2)CC1. The van der Waals surface area contributed by atoms with E-state index in [-0.39, 0.29) is 11.5 Å². The van der Waals surface area contributed by atoms with Crippen molar-refractivity contribution in [3.63, 3.8) is 0 Å². The van der Waals surface area contributed by atoms with Gasteiger partial charge in [0.1, 0.15) is 0 Å². The van der Waals surface area contributed by atoms with E-state index in [2.05, 4.69) is 45.5 Å². The van der Waals surface area contributed by atoms with Crippen molar-refractivity contribution >= 4 is 12.1 Å². The summed E-state index contributed by atoms with van der Waals surface area (Å²) in [6, 6.07) is 10.7. The summed E-state index contributed by atoms with van der Waals surface area (Å²) in [5.74, 6) is 0.922. The van der Waals surface area contributed by atoms with Gasteiger partial charge in [0.15, 0.2) is 5.96 Å². The van der Waals surface area contributed by atoms with E-state index in [1.54, 1.807) is 4.90 Å². The topological polar surface area (TPSA) is 57.2 Å². The Bertz CT molecular complexity index is 605. The molecule has 3 rings (SSSR count). The van der Waals surface area contributed by atoms with Crippen LogP contribution in [0, 0.1) is 0 Å². The zero-order valence-electron chi connectivity index (χ0n) is 15.2. The summed E-state index contributed by atoms with van der Waals surface area (Å²) in [5.41, 5.74) is 1.66. The lowest BCUT2D eigenvalue weighted by Crippen LogP contribution is -2.54. The molecule has 0 bridgehead atoms. The second-order valence-corrected chi connectivity index (χ2v) is 6.72. The van der Waals surface area contributed by atoms with E-state index in [0.717, 1.165) is 25.6 Å². The first-order valence-corrected chi connectivity index (χ1v) is 9.11. The Balaban J connectivity index is 1.52. The van der Waals surface area contributed by atoms with Crippen molar-refractivity contribution in [1.82, 2.24) is 15.1 Å². The highest BCUT2D eigenvalue weighted by Gasteiger charge is 2.44. The Labute approximate surface area is 149 Å². The van der Waals surface area contributed by atoms with Gasteiger partial charge in [0, 0.05) is 45.2 Å². The standard InChI is InChI=1S/C19H28N4O2/c1-3-25-18(24)23-13-11-22(12-14-23)17(20-2)21-15-19(9-10-19)16-7-5-4-6-8-16/h4-8H,3,9-15H2,1-2H3,(H,20,21). The largest absolute Gasteiger partial charge is 0.450 e. The highest BCUT2D eigenvalue weighted by atomic mass is 16.6. The minimum Gasteiger partial charge on any atom is -0.450 e. The summed E-state index contributed by atoms with van der Waals surface area (Å²) in [6.07, 6.45) is 2.22. The molecule has 25 heavy (non-hydrogen) atoms. The molecule has 1 saturated carbocycles. The third-order valence-corrected chi connectivity index (χ3v) is 5.14. The van der Waals surface area contributed by atoms with Crippen LogP contribution >= 0.6 is 0 Å². The molecule has 1 amide bonds. The van der Waals surface area contributed by atoms with Crippen molar-refractivity contribution in [3.05, 3.63) is 35.9 Å². The van der Waals surface area contributed by atoms with Crippen LogP contribution in [-0.4, -0.2) is 68.2 Å². The molecule has 6 heteroatoms. The number of hydrogen-bond acceptors (Lipinski definition) is 3. The van der Waals surface area contributed by atoms with Gasteiger partial charge in [-0.05, 0) is 25.3 Å². The Morgan fingerprint density at radius 3 is 2.36 bits per heavy atom. The molecule has 0 unspecified atom stereocenters. The average molecular weight is 344 g/mol. The fourth-order valence-corrected chi connectivity index (χ4v) is 3.41. The molecule has 2 fully saturated rings. The normalized spacial score (nSPS) is 19.5. The number of nitrogens with one attached hydrogen (secondary N) is 1. The minimum atomic E-state index is -0.217. The highest BCUT2D eigenvalue weighted by Crippen LogP contribution is 2.47. The number of carbonyl (C=O) groups is 1. The summed E-state index contributed by atoms with van der Waals surface area (Å²) >= 11 is 0. The molecule has 1 heterocycles. The van der Waals surface area contributed by atoms with Crippen molar-refractivity contribution in [2.75, 3.05) is 46.4 Å². The van der Waals surface area contributed by atoms with Crippen LogP contribution in [0.1, 0.15) is 25.3 Å². The number of carbonyl (C=O) groups excluding carboxylic acids is 1. The fraction of sp³-hybridized carbons (Fsp3) is 0.579. The molecule has 6 nitrogen and oxygen atoms in total. The number of amides is 1. The number of ether oxygens (including phenoxy) is 1. The number of guanidine groups is 1. The van der Waals surface area contributed by atoms with Crippen LogP contribution in [0.25, 0.3) is 0 Å². The van der Waals surface area contributed by atoms with Crippen LogP contribution in [0.3, 0.4) is 0 Å². The van der Waals surface area contributed by atoms with Crippen molar-refractivity contribution in [2.45, 2.75) is 25.2 Å². The lowest BCUT2D eigenvalue weighted by Gasteiger charge is -2.36. The minimum absolute atomic E-state index is 0.217. The van der Waals surface area contributed by atoms with Gasteiger partial charge in [0.05, 0.1) is 6.61 Å². The molecule has 0 atom stereocenters. The molecule has 1 aromatic carbocycles. The number of piperazine rings is 1. The predicted molar refractivity (Wildman–Crippen MR) is 98.9 cm³/mol. The molecule has 136 valence electrons. The van der Waals surface area contributed by atoms with Crippen LogP contribution in [0.15, 0.2) is 35.3 Å². The Morgan fingerprint density at radius 2 is 1.80 bits per heavy atom. The molecule has 1 aliphatic carbocycles. The predicted octanol–water partition coefficient (Wildman–Crippen LogP) is 2.07. The molecular formula is C19H28N4O2. The zero-order chi connectivity index (χ0) is 17.7. The fourth-order valence-electron chi connectivity index (χ4n) is 3.41. The van der Waals surface area contributed by atoms with Gasteiger partial charge in [-0.3, -0.25) is 4.99 Å². The third-order valence-electron chi connectivity index (χ3n) is 5.14. The van der Waals surface area contributed by atoms with Crippen LogP contribution in [-0.2, 0) is 10.2 Å². The third kappa shape index (κ3) is 4.06. The van der Waals surface area contributed by atoms with E-state index >= 15 is 0 Å². The second kappa shape index (κ2) is 7.76. The number of nitrogens with zero attached hydrogens (tertiary/aromatic N) is 3. The van der Waals surface area contributed by atoms with E-state index in [9.17, 15) is 4.79 Å². The first kappa shape index (κ1) is 17.6. The van der Waals surface area contributed by atoms with Gasteiger partial charge < -0.3 is 19.9 Å². The van der Waals surface area contributed by atoms with Gasteiger partial charge in [-0.15, -0.1) is 0 Å². The number of hydrogen-bond donors (Lipinski definition) is 1. The molecule has 0 spiro atoms. The van der Waals surface area contributed by atoms with Gasteiger partial charge >= 0.3 is 6.09 Å². The lowest BCUT2D eigenvalue weighted by atomic mass is 9.96. The maximum Gasteiger partial charge on any atom is 0.409 e. The van der Waals surface area contributed by atoms with Gasteiger partial charge in [-0.25, -0.2) is 4.79 Å². The molecule has 0 radical (unpaired) electrons. The summed E-state index contributed by atoms with van der Waals surface area (Å²) in [5, 5.41) is 3.55. The van der Waals surface area contributed by atoms with E-state index in [4.69, 9.17) is 4.74 Å². The van der Waals surface area contributed by atoms with Crippen molar-refractivity contribution in [2.24, 2.45) is 4.99 Å². The van der Waals surface area contributed by atoms with E-state index in [1.807, 2.05) is 14.0 Å². The monoisotopic (exact) mass is 344 g/mol. The van der Waals surface area contributed by atoms with Crippen molar-refractivity contribution in [1.29, 1.82) is 0 Å². The molecular weight excluding hydrogens is 316 g/mol. The lowest BCUT2D eigenvalue weighted by molar-refractivity contribution is 0.0914. The van der Waals surface area contributed by atoms with Crippen LogP contribution in [0.5, 0.6) is 0 Å². The highest BCUT2D eigenvalue weighted by molar-refractivity contribution is 5.80. The first-order chi connectivity index (χ1) is 12.2. The Kier molecular flexibility index (Phi) is 5.46. The average Bonchev–Trinajstić information content (AvgIpc) is 3.45.